The van der Waals surface area contributed by atoms with Crippen LogP contribution in [0.3, 0.4) is 0 Å². The summed E-state index contributed by atoms with van der Waals surface area (Å²) in [6.07, 6.45) is -0.302. The lowest BCUT2D eigenvalue weighted by Gasteiger charge is -2.42. The molecule has 0 spiro atoms. The SMILES string of the molecule is CC(C)(C)N(C(=O)O)[C@H](C(=O)N1CCCN1c1ccccc1Br)c1ccccc1.NC(N)=O. The third kappa shape index (κ3) is 6.61. The Morgan fingerprint density at radius 1 is 1.00 bits per heavy atom. The largest absolute Gasteiger partial charge is 0.465 e. The maximum absolute atomic E-state index is 13.8. The van der Waals surface area contributed by atoms with Crippen molar-refractivity contribution in [2.45, 2.75) is 38.8 Å². The van der Waals surface area contributed by atoms with Gasteiger partial charge in [0.25, 0.3) is 5.91 Å². The Bertz CT molecular complexity index is 976. The summed E-state index contributed by atoms with van der Waals surface area (Å²) in [6.45, 7) is 6.65. The number of primary amides is 2. The number of rotatable bonds is 4. The quantitative estimate of drug-likeness (QED) is 0.562. The zero-order valence-electron chi connectivity index (χ0n) is 18.9. The van der Waals surface area contributed by atoms with E-state index >= 15 is 0 Å². The van der Waals surface area contributed by atoms with Crippen LogP contribution in [-0.4, -0.2) is 51.7 Å². The van der Waals surface area contributed by atoms with E-state index in [1.54, 1.807) is 25.8 Å². The molecule has 0 radical (unpaired) electrons. The number of urea groups is 1. The van der Waals surface area contributed by atoms with Crippen LogP contribution < -0.4 is 16.5 Å². The molecular weight excluding hydrogens is 490 g/mol. The smallest absolute Gasteiger partial charge is 0.408 e. The van der Waals surface area contributed by atoms with Crippen molar-refractivity contribution in [1.82, 2.24) is 9.91 Å². The fourth-order valence-corrected chi connectivity index (χ4v) is 4.21. The number of halogens is 1. The van der Waals surface area contributed by atoms with Crippen LogP contribution in [0.25, 0.3) is 0 Å². The minimum atomic E-state index is -1.12. The van der Waals surface area contributed by atoms with E-state index in [1.165, 1.54) is 4.90 Å². The number of para-hydroxylation sites is 1. The molecule has 5 N–H and O–H groups in total. The standard InChI is InChI=1S/C22H26BrN3O3.CH4N2O/c1-22(2,3)26(21(28)29)19(16-10-5-4-6-11-16)20(27)25-15-9-14-24(25)18-13-8-7-12-17(18)23;2-1(3)4/h4-8,10-13,19H,9,14-15H2,1-3H3,(H,28,29);(H4,2,3,4)/t19-;/m0./s1. The molecule has 9 nitrogen and oxygen atoms in total. The molecule has 2 aromatic rings. The monoisotopic (exact) mass is 519 g/mol. The molecule has 33 heavy (non-hydrogen) atoms. The van der Waals surface area contributed by atoms with Gasteiger partial charge in [0.2, 0.25) is 0 Å². The van der Waals surface area contributed by atoms with Gasteiger partial charge < -0.3 is 16.6 Å². The van der Waals surface area contributed by atoms with Gasteiger partial charge in [-0.25, -0.2) is 9.59 Å². The topological polar surface area (TPSA) is 133 Å². The molecule has 4 amide bonds. The molecule has 1 atom stereocenters. The Balaban J connectivity index is 0.000000890. The molecule has 3 rings (SSSR count). The second-order valence-corrected chi connectivity index (χ2v) is 9.28. The lowest BCUT2D eigenvalue weighted by atomic mass is 9.97. The highest BCUT2D eigenvalue weighted by Crippen LogP contribution is 2.35. The Morgan fingerprint density at radius 2 is 1.55 bits per heavy atom. The van der Waals surface area contributed by atoms with Crippen molar-refractivity contribution in [2.75, 3.05) is 18.1 Å². The molecule has 1 aliphatic heterocycles. The van der Waals surface area contributed by atoms with Gasteiger partial charge in [-0.3, -0.25) is 19.7 Å². The normalized spacial score (nSPS) is 14.2. The molecule has 1 aliphatic rings. The minimum absolute atomic E-state index is 0.248. The minimum Gasteiger partial charge on any atom is -0.465 e. The lowest BCUT2D eigenvalue weighted by Crippen LogP contribution is -2.54. The summed E-state index contributed by atoms with van der Waals surface area (Å²) in [7, 11) is 0. The second-order valence-electron chi connectivity index (χ2n) is 8.43. The number of nitrogens with zero attached hydrogens (tertiary/aromatic N) is 3. The van der Waals surface area contributed by atoms with Gasteiger partial charge in [0.1, 0.15) is 6.04 Å². The number of carboxylic acid groups (broad SMARTS) is 1. The van der Waals surface area contributed by atoms with Gasteiger partial charge in [-0.05, 0) is 60.8 Å². The fraction of sp³-hybridized carbons (Fsp3) is 0.348. The molecule has 178 valence electrons. The Morgan fingerprint density at radius 3 is 2.06 bits per heavy atom. The van der Waals surface area contributed by atoms with E-state index in [9.17, 15) is 14.7 Å². The molecule has 0 aliphatic carbocycles. The number of anilines is 1. The number of amides is 4. The first-order chi connectivity index (χ1) is 15.4. The third-order valence-corrected chi connectivity index (χ3v) is 5.62. The van der Waals surface area contributed by atoms with Gasteiger partial charge >= 0.3 is 12.1 Å². The second kappa shape index (κ2) is 11.0. The molecular formula is C23H30BrN5O4. The molecule has 0 unspecified atom stereocenters. The molecule has 1 fully saturated rings. The first kappa shape index (κ1) is 26.0. The molecule has 0 saturated carbocycles. The first-order valence-corrected chi connectivity index (χ1v) is 11.2. The Labute approximate surface area is 202 Å². The fourth-order valence-electron chi connectivity index (χ4n) is 3.72. The maximum atomic E-state index is 13.8. The Kier molecular flexibility index (Phi) is 8.69. The third-order valence-electron chi connectivity index (χ3n) is 4.95. The van der Waals surface area contributed by atoms with E-state index < -0.39 is 23.7 Å². The van der Waals surface area contributed by atoms with Gasteiger partial charge in [0.05, 0.1) is 5.69 Å². The van der Waals surface area contributed by atoms with E-state index in [4.69, 9.17) is 4.79 Å². The van der Waals surface area contributed by atoms with Crippen molar-refractivity contribution < 1.29 is 19.5 Å². The highest BCUT2D eigenvalue weighted by atomic mass is 79.9. The highest BCUT2D eigenvalue weighted by Gasteiger charge is 2.42. The van der Waals surface area contributed by atoms with Crippen molar-refractivity contribution in [3.8, 4) is 0 Å². The summed E-state index contributed by atoms with van der Waals surface area (Å²) >= 11 is 3.56. The number of nitrogens with two attached hydrogens (primary N) is 2. The van der Waals surface area contributed by atoms with E-state index in [0.717, 1.165) is 16.6 Å². The van der Waals surface area contributed by atoms with Crippen LogP contribution >= 0.6 is 15.9 Å². The molecule has 0 bridgehead atoms. The van der Waals surface area contributed by atoms with Crippen LogP contribution in [0.1, 0.15) is 38.8 Å². The van der Waals surface area contributed by atoms with E-state index in [0.29, 0.717) is 18.7 Å². The van der Waals surface area contributed by atoms with Crippen LogP contribution in [0.2, 0.25) is 0 Å². The first-order valence-electron chi connectivity index (χ1n) is 10.4. The van der Waals surface area contributed by atoms with E-state index in [1.807, 2.05) is 59.6 Å². The number of hydrogen-bond acceptors (Lipinski definition) is 4. The van der Waals surface area contributed by atoms with Crippen molar-refractivity contribution in [3.63, 3.8) is 0 Å². The van der Waals surface area contributed by atoms with Crippen LogP contribution in [0.15, 0.2) is 59.1 Å². The van der Waals surface area contributed by atoms with Crippen LogP contribution in [0, 0.1) is 0 Å². The predicted molar refractivity (Wildman–Crippen MR) is 130 cm³/mol. The molecule has 10 heteroatoms. The van der Waals surface area contributed by atoms with Gasteiger partial charge in [-0.15, -0.1) is 0 Å². The van der Waals surface area contributed by atoms with Gasteiger partial charge in [-0.1, -0.05) is 42.5 Å². The predicted octanol–water partition coefficient (Wildman–Crippen LogP) is 3.95. The zero-order valence-corrected chi connectivity index (χ0v) is 20.5. The van der Waals surface area contributed by atoms with Gasteiger partial charge in [0.15, 0.2) is 0 Å². The molecule has 0 aromatic heterocycles. The Hall–Kier alpha value is -3.27. The maximum Gasteiger partial charge on any atom is 0.408 e. The molecule has 1 heterocycles. The van der Waals surface area contributed by atoms with Crippen molar-refractivity contribution in [3.05, 3.63) is 64.6 Å². The lowest BCUT2D eigenvalue weighted by molar-refractivity contribution is -0.138. The zero-order chi connectivity index (χ0) is 24.8. The van der Waals surface area contributed by atoms with Crippen LogP contribution in [-0.2, 0) is 4.79 Å². The highest BCUT2D eigenvalue weighted by molar-refractivity contribution is 9.10. The van der Waals surface area contributed by atoms with Crippen LogP contribution in [0.4, 0.5) is 15.3 Å². The summed E-state index contributed by atoms with van der Waals surface area (Å²) in [5.74, 6) is -0.248. The average Bonchev–Trinajstić information content (AvgIpc) is 3.20. The summed E-state index contributed by atoms with van der Waals surface area (Å²) in [4.78, 5) is 36.3. The number of carbonyl (C=O) groups excluding carboxylic acids is 2. The summed E-state index contributed by atoms with van der Waals surface area (Å²) < 4.78 is 0.891. The van der Waals surface area contributed by atoms with E-state index in [2.05, 4.69) is 27.4 Å². The number of hydrogen-bond donors (Lipinski definition) is 3. The number of hydrazine groups is 1. The summed E-state index contributed by atoms with van der Waals surface area (Å²) in [5.41, 5.74) is 9.30. The van der Waals surface area contributed by atoms with Crippen molar-refractivity contribution in [1.29, 1.82) is 0 Å². The van der Waals surface area contributed by atoms with Crippen molar-refractivity contribution in [2.24, 2.45) is 11.5 Å². The average molecular weight is 520 g/mol. The van der Waals surface area contributed by atoms with Gasteiger partial charge in [-0.2, -0.15) is 0 Å². The number of benzene rings is 2. The molecule has 2 aromatic carbocycles. The summed E-state index contributed by atoms with van der Waals surface area (Å²) in [6, 6.07) is 15.1. The number of carbonyl (C=O) groups is 3. The van der Waals surface area contributed by atoms with Crippen LogP contribution in [0.5, 0.6) is 0 Å². The van der Waals surface area contributed by atoms with Crippen molar-refractivity contribution >= 4 is 39.6 Å². The molecule has 1 saturated heterocycles. The van der Waals surface area contributed by atoms with Gasteiger partial charge in [0, 0.05) is 23.1 Å². The summed E-state index contributed by atoms with van der Waals surface area (Å²) in [5, 5.41) is 13.6. The van der Waals surface area contributed by atoms with E-state index in [-0.39, 0.29) is 5.91 Å².